The minimum atomic E-state index is -0.123. The third-order valence-electron chi connectivity index (χ3n) is 5.02. The number of hydrogen-bond acceptors (Lipinski definition) is 9. The van der Waals surface area contributed by atoms with Crippen LogP contribution in [0.25, 0.3) is 23.1 Å². The van der Waals surface area contributed by atoms with Crippen LogP contribution in [0.4, 0.5) is 0 Å². The first-order chi connectivity index (χ1) is 16.1. The lowest BCUT2D eigenvalue weighted by Gasteiger charge is -2.06. The molecule has 5 rings (SSSR count). The van der Waals surface area contributed by atoms with Gasteiger partial charge < -0.3 is 23.9 Å². The molecule has 0 bridgehead atoms. The van der Waals surface area contributed by atoms with Crippen molar-refractivity contribution in [3.05, 3.63) is 53.6 Å². The van der Waals surface area contributed by atoms with E-state index in [1.54, 1.807) is 11.6 Å². The molecular weight excluding hydrogens is 444 g/mol. The highest BCUT2D eigenvalue weighted by Gasteiger charge is 2.19. The van der Waals surface area contributed by atoms with Gasteiger partial charge >= 0.3 is 0 Å². The van der Waals surface area contributed by atoms with Gasteiger partial charge in [-0.15, -0.1) is 10.2 Å². The molecule has 0 saturated carbocycles. The van der Waals surface area contributed by atoms with Crippen LogP contribution in [0.3, 0.4) is 0 Å². The highest BCUT2D eigenvalue weighted by molar-refractivity contribution is 7.99. The summed E-state index contributed by atoms with van der Waals surface area (Å²) in [6.45, 7) is 2.63. The van der Waals surface area contributed by atoms with Crippen LogP contribution in [-0.4, -0.2) is 43.4 Å². The summed E-state index contributed by atoms with van der Waals surface area (Å²) < 4.78 is 17.8. The molecule has 0 aliphatic carbocycles. The van der Waals surface area contributed by atoms with Crippen LogP contribution in [0, 0.1) is 6.92 Å². The van der Waals surface area contributed by atoms with Crippen LogP contribution in [-0.2, 0) is 18.4 Å². The van der Waals surface area contributed by atoms with Gasteiger partial charge in [-0.2, -0.15) is 4.98 Å². The van der Waals surface area contributed by atoms with Gasteiger partial charge in [-0.3, -0.25) is 4.79 Å². The molecule has 4 aromatic rings. The molecule has 168 valence electrons. The van der Waals surface area contributed by atoms with Gasteiger partial charge in [-0.05, 0) is 24.6 Å². The lowest BCUT2D eigenvalue weighted by atomic mass is 10.1. The molecule has 1 amide bonds. The molecule has 1 N–H and O–H groups in total. The van der Waals surface area contributed by atoms with Gasteiger partial charge in [0.1, 0.15) is 0 Å². The summed E-state index contributed by atoms with van der Waals surface area (Å²) in [5.41, 5.74) is 2.93. The first-order valence-electron chi connectivity index (χ1n) is 10.2. The molecule has 0 saturated heterocycles. The zero-order valence-electron chi connectivity index (χ0n) is 17.9. The molecule has 0 unspecified atom stereocenters. The van der Waals surface area contributed by atoms with Crippen molar-refractivity contribution in [1.82, 2.24) is 30.2 Å². The molecule has 1 aliphatic heterocycles. The maximum atomic E-state index is 12.3. The van der Waals surface area contributed by atoms with E-state index < -0.39 is 0 Å². The molecule has 11 heteroatoms. The Morgan fingerprint density at radius 1 is 1.12 bits per heavy atom. The summed E-state index contributed by atoms with van der Waals surface area (Å²) >= 11 is 1.27. The van der Waals surface area contributed by atoms with Crippen LogP contribution >= 0.6 is 11.8 Å². The number of rotatable bonds is 7. The topological polar surface area (TPSA) is 117 Å². The number of fused-ring (bicyclic) bond motifs is 1. The average molecular weight is 465 g/mol. The molecule has 0 atom stereocenters. The second-order valence-corrected chi connectivity index (χ2v) is 8.35. The smallest absolute Gasteiger partial charge is 0.296 e. The van der Waals surface area contributed by atoms with E-state index in [9.17, 15) is 4.79 Å². The van der Waals surface area contributed by atoms with Crippen LogP contribution < -0.4 is 14.8 Å². The third kappa shape index (κ3) is 4.53. The van der Waals surface area contributed by atoms with Crippen molar-refractivity contribution in [1.29, 1.82) is 0 Å². The van der Waals surface area contributed by atoms with E-state index in [0.717, 1.165) is 16.7 Å². The number of aryl methyl sites for hydroxylation is 1. The van der Waals surface area contributed by atoms with E-state index in [1.807, 2.05) is 49.4 Å². The van der Waals surface area contributed by atoms with Gasteiger partial charge in [0.25, 0.3) is 5.89 Å². The number of carbonyl (C=O) groups is 1. The number of thioether (sulfide) groups is 1. The zero-order valence-corrected chi connectivity index (χ0v) is 18.8. The highest BCUT2D eigenvalue weighted by Crippen LogP contribution is 2.32. The van der Waals surface area contributed by atoms with Crippen molar-refractivity contribution < 1.29 is 18.8 Å². The van der Waals surface area contributed by atoms with Gasteiger partial charge in [0.2, 0.25) is 24.3 Å². The van der Waals surface area contributed by atoms with E-state index in [0.29, 0.717) is 34.8 Å². The first-order valence-corrected chi connectivity index (χ1v) is 11.1. The first kappa shape index (κ1) is 21.0. The maximum absolute atomic E-state index is 12.3. The molecule has 0 fully saturated rings. The molecule has 33 heavy (non-hydrogen) atoms. The Morgan fingerprint density at radius 3 is 2.79 bits per heavy atom. The number of nitrogens with one attached hydrogen (secondary N) is 1. The van der Waals surface area contributed by atoms with Crippen molar-refractivity contribution in [3.63, 3.8) is 0 Å². The van der Waals surface area contributed by atoms with E-state index in [1.165, 1.54) is 11.8 Å². The minimum absolute atomic E-state index is 0.123. The summed E-state index contributed by atoms with van der Waals surface area (Å²) in [5, 5.41) is 15.8. The van der Waals surface area contributed by atoms with Gasteiger partial charge in [0, 0.05) is 19.2 Å². The Bertz CT molecular complexity index is 1300. The van der Waals surface area contributed by atoms with Crippen LogP contribution in [0.2, 0.25) is 0 Å². The van der Waals surface area contributed by atoms with E-state index in [4.69, 9.17) is 14.0 Å². The number of ether oxygens (including phenoxy) is 2. The number of aromatic nitrogens is 5. The fourth-order valence-corrected chi connectivity index (χ4v) is 3.93. The maximum Gasteiger partial charge on any atom is 0.296 e. The van der Waals surface area contributed by atoms with E-state index >= 15 is 0 Å². The second kappa shape index (κ2) is 8.94. The Balaban J connectivity index is 1.18. The Kier molecular flexibility index (Phi) is 5.69. The van der Waals surface area contributed by atoms with Crippen molar-refractivity contribution in [2.75, 3.05) is 12.5 Å². The van der Waals surface area contributed by atoms with Gasteiger partial charge in [-0.1, -0.05) is 52.8 Å². The molecule has 1 aliphatic rings. The number of nitrogens with zero attached hydrogens (tertiary/aromatic N) is 5. The number of benzene rings is 2. The molecule has 3 heterocycles. The molecule has 0 radical (unpaired) electrons. The summed E-state index contributed by atoms with van der Waals surface area (Å²) in [6, 6.07) is 13.4. The lowest BCUT2D eigenvalue weighted by Crippen LogP contribution is -2.24. The third-order valence-corrected chi connectivity index (χ3v) is 6.04. The monoisotopic (exact) mass is 464 g/mol. The van der Waals surface area contributed by atoms with Gasteiger partial charge in [0.15, 0.2) is 16.7 Å². The molecule has 2 aromatic carbocycles. The lowest BCUT2D eigenvalue weighted by molar-refractivity contribution is -0.118. The highest BCUT2D eigenvalue weighted by atomic mass is 32.2. The summed E-state index contributed by atoms with van der Waals surface area (Å²) in [5.74, 6) is 2.64. The van der Waals surface area contributed by atoms with Crippen LogP contribution in [0.5, 0.6) is 11.5 Å². The van der Waals surface area contributed by atoms with Crippen molar-refractivity contribution in [2.24, 2.45) is 7.05 Å². The van der Waals surface area contributed by atoms with Crippen LogP contribution in [0.1, 0.15) is 11.1 Å². The Labute approximate surface area is 193 Å². The zero-order chi connectivity index (χ0) is 22.8. The summed E-state index contributed by atoms with van der Waals surface area (Å²) in [4.78, 5) is 16.7. The van der Waals surface area contributed by atoms with Crippen LogP contribution in [0.15, 0.2) is 52.1 Å². The number of amides is 1. The summed E-state index contributed by atoms with van der Waals surface area (Å²) in [7, 11) is 1.79. The molecule has 10 nitrogen and oxygen atoms in total. The molecular formula is C22H20N6O4S. The largest absolute Gasteiger partial charge is 0.454 e. The average Bonchev–Trinajstić information content (AvgIpc) is 3.56. The fourth-order valence-electron chi connectivity index (χ4n) is 3.19. The Hall–Kier alpha value is -3.86. The van der Waals surface area contributed by atoms with Gasteiger partial charge in [-0.25, -0.2) is 0 Å². The normalized spacial score (nSPS) is 12.2. The summed E-state index contributed by atoms with van der Waals surface area (Å²) in [6.07, 6.45) is 0. The Morgan fingerprint density at radius 2 is 1.94 bits per heavy atom. The number of hydrogen-bond donors (Lipinski definition) is 1. The predicted octanol–water partition coefficient (Wildman–Crippen LogP) is 2.98. The van der Waals surface area contributed by atoms with Crippen molar-refractivity contribution in [2.45, 2.75) is 18.6 Å². The quantitative estimate of drug-likeness (QED) is 0.412. The molecule has 2 aromatic heterocycles. The van der Waals surface area contributed by atoms with Crippen molar-refractivity contribution >= 4 is 17.7 Å². The molecule has 0 spiro atoms. The standard InChI is InChI=1S/C22H20N6O4S/c1-13-3-6-15(7-4-13)19-24-21(32-27-19)20-25-26-22(28(20)2)33-11-18(29)23-10-14-5-8-16-17(9-14)31-12-30-16/h3-9H,10-12H2,1-2H3,(H,23,29). The SMILES string of the molecule is Cc1ccc(-c2noc(-c3nnc(SCC(=O)NCc4ccc5c(c4)OCO5)n3C)n2)cc1. The second-order valence-electron chi connectivity index (χ2n) is 7.41. The fraction of sp³-hybridized carbons (Fsp3) is 0.227. The van der Waals surface area contributed by atoms with E-state index in [2.05, 4.69) is 25.7 Å². The van der Waals surface area contributed by atoms with Gasteiger partial charge in [0.05, 0.1) is 5.75 Å². The predicted molar refractivity (Wildman–Crippen MR) is 120 cm³/mol. The minimum Gasteiger partial charge on any atom is -0.454 e. The number of carbonyl (C=O) groups excluding carboxylic acids is 1. The van der Waals surface area contributed by atoms with E-state index in [-0.39, 0.29) is 24.3 Å². The van der Waals surface area contributed by atoms with Crippen molar-refractivity contribution in [3.8, 4) is 34.6 Å².